The van der Waals surface area contributed by atoms with Crippen LogP contribution in [0.25, 0.3) is 0 Å². The van der Waals surface area contributed by atoms with Crippen molar-refractivity contribution in [3.63, 3.8) is 0 Å². The predicted molar refractivity (Wildman–Crippen MR) is 90.8 cm³/mol. The van der Waals surface area contributed by atoms with Crippen LogP contribution in [0.1, 0.15) is 26.3 Å². The number of rotatable bonds is 5. The number of nitrogens with one attached hydrogen (secondary N) is 1. The Hall–Kier alpha value is -2.49. The monoisotopic (exact) mass is 312 g/mol. The summed E-state index contributed by atoms with van der Waals surface area (Å²) in [6.07, 6.45) is 0.289. The van der Waals surface area contributed by atoms with Crippen LogP contribution >= 0.6 is 0 Å². The highest BCUT2D eigenvalue weighted by Crippen LogP contribution is 2.15. The van der Waals surface area contributed by atoms with Gasteiger partial charge in [-0.2, -0.15) is 0 Å². The van der Waals surface area contributed by atoms with Gasteiger partial charge in [0.15, 0.2) is 0 Å². The van der Waals surface area contributed by atoms with Gasteiger partial charge < -0.3 is 9.47 Å². The smallest absolute Gasteiger partial charge is 0.412 e. The van der Waals surface area contributed by atoms with Crippen molar-refractivity contribution in [1.29, 1.82) is 0 Å². The summed E-state index contributed by atoms with van der Waals surface area (Å²) in [6.45, 7) is 6.05. The quantitative estimate of drug-likeness (QED) is 0.887. The summed E-state index contributed by atoms with van der Waals surface area (Å²) in [5.74, 6) is 0.732. The van der Waals surface area contributed by atoms with Gasteiger partial charge in [0.05, 0.1) is 6.61 Å². The number of carbonyl (C=O) groups excluding carboxylic acids is 1. The zero-order chi connectivity index (χ0) is 16.7. The third-order valence-electron chi connectivity index (χ3n) is 2.90. The number of hydrogen-bond donors (Lipinski definition) is 1. The van der Waals surface area contributed by atoms with E-state index in [4.69, 9.17) is 9.47 Å². The zero-order valence-corrected chi connectivity index (χ0v) is 13.8. The molecule has 0 saturated heterocycles. The first kappa shape index (κ1) is 16.9. The molecular weight excluding hydrogens is 290 g/mol. The topological polar surface area (TPSA) is 47.6 Å². The molecule has 1 N–H and O–H groups in total. The van der Waals surface area contributed by atoms with Crippen molar-refractivity contribution in [3.8, 4) is 5.75 Å². The van der Waals surface area contributed by atoms with Gasteiger partial charge in [-0.05, 0) is 44.5 Å². The lowest BCUT2D eigenvalue weighted by molar-refractivity contribution is 0.0636. The van der Waals surface area contributed by atoms with E-state index in [2.05, 4.69) is 11.4 Å². The lowest BCUT2D eigenvalue weighted by Crippen LogP contribution is -2.27. The molecule has 0 fully saturated rings. The fourth-order valence-corrected chi connectivity index (χ4v) is 1.97. The molecule has 0 heterocycles. The number of amides is 1. The molecule has 0 unspecified atom stereocenters. The maximum atomic E-state index is 11.8. The number of ether oxygens (including phenoxy) is 2. The van der Waals surface area contributed by atoms with Crippen LogP contribution in [0.5, 0.6) is 5.75 Å². The SMILES string of the molecule is CC(C)(C)OC(=O)Nc1cccc(CCOc2[c]cccc2)c1. The van der Waals surface area contributed by atoms with Gasteiger partial charge in [-0.3, -0.25) is 5.32 Å². The molecule has 4 nitrogen and oxygen atoms in total. The van der Waals surface area contributed by atoms with Crippen molar-refractivity contribution in [2.75, 3.05) is 11.9 Å². The summed E-state index contributed by atoms with van der Waals surface area (Å²) >= 11 is 0. The Balaban J connectivity index is 1.86. The van der Waals surface area contributed by atoms with Crippen LogP contribution in [0.2, 0.25) is 0 Å². The van der Waals surface area contributed by atoms with Crippen LogP contribution in [-0.4, -0.2) is 18.3 Å². The minimum atomic E-state index is -0.512. The summed E-state index contributed by atoms with van der Waals surface area (Å²) in [4.78, 5) is 11.8. The van der Waals surface area contributed by atoms with Crippen LogP contribution in [0.15, 0.2) is 48.5 Å². The van der Waals surface area contributed by atoms with E-state index in [-0.39, 0.29) is 0 Å². The Kier molecular flexibility index (Phi) is 5.63. The normalized spacial score (nSPS) is 10.9. The number of hydrogen-bond acceptors (Lipinski definition) is 3. The average molecular weight is 312 g/mol. The third kappa shape index (κ3) is 6.43. The molecule has 0 bridgehead atoms. The highest BCUT2D eigenvalue weighted by atomic mass is 16.6. The summed E-state index contributed by atoms with van der Waals surface area (Å²) < 4.78 is 10.9. The molecular formula is C19H22NO3. The molecule has 1 amide bonds. The van der Waals surface area contributed by atoms with Crippen LogP contribution in [-0.2, 0) is 11.2 Å². The van der Waals surface area contributed by atoms with Gasteiger partial charge in [-0.15, -0.1) is 0 Å². The molecule has 4 heteroatoms. The van der Waals surface area contributed by atoms with Crippen molar-refractivity contribution >= 4 is 11.8 Å². The third-order valence-corrected chi connectivity index (χ3v) is 2.90. The van der Waals surface area contributed by atoms with Crippen LogP contribution in [0.3, 0.4) is 0 Å². The van der Waals surface area contributed by atoms with E-state index in [9.17, 15) is 4.79 Å². The van der Waals surface area contributed by atoms with Gasteiger partial charge in [-0.1, -0.05) is 30.3 Å². The second kappa shape index (κ2) is 7.68. The molecule has 2 aromatic carbocycles. The fourth-order valence-electron chi connectivity index (χ4n) is 1.97. The van der Waals surface area contributed by atoms with Gasteiger partial charge in [0.25, 0.3) is 0 Å². The molecule has 23 heavy (non-hydrogen) atoms. The van der Waals surface area contributed by atoms with Crippen molar-refractivity contribution in [3.05, 3.63) is 60.2 Å². The maximum absolute atomic E-state index is 11.8. The second-order valence-corrected chi connectivity index (χ2v) is 6.15. The minimum absolute atomic E-state index is 0.454. The zero-order valence-electron chi connectivity index (χ0n) is 13.8. The van der Waals surface area contributed by atoms with Crippen molar-refractivity contribution in [2.45, 2.75) is 32.8 Å². The van der Waals surface area contributed by atoms with E-state index in [1.54, 1.807) is 0 Å². The highest BCUT2D eigenvalue weighted by Gasteiger charge is 2.16. The van der Waals surface area contributed by atoms with Crippen LogP contribution in [0, 0.1) is 6.07 Å². The Morgan fingerprint density at radius 1 is 1.17 bits per heavy atom. The van der Waals surface area contributed by atoms with E-state index in [1.165, 1.54) is 0 Å². The molecule has 0 spiro atoms. The first-order valence-electron chi connectivity index (χ1n) is 7.61. The van der Waals surface area contributed by atoms with Gasteiger partial charge in [0, 0.05) is 18.2 Å². The van der Waals surface area contributed by atoms with E-state index in [0.29, 0.717) is 12.3 Å². The van der Waals surface area contributed by atoms with Gasteiger partial charge in [-0.25, -0.2) is 4.79 Å². The Morgan fingerprint density at radius 2 is 2.00 bits per heavy atom. The van der Waals surface area contributed by atoms with Crippen molar-refractivity contribution in [2.24, 2.45) is 0 Å². The summed E-state index contributed by atoms with van der Waals surface area (Å²) in [5, 5.41) is 2.74. The average Bonchev–Trinajstić information content (AvgIpc) is 2.46. The standard InChI is InChI=1S/C19H22NO3/c1-19(2,3)23-18(21)20-16-9-7-8-15(14-16)12-13-22-17-10-5-4-6-11-17/h4-10,14H,12-13H2,1-3H3,(H,20,21). The summed E-state index contributed by atoms with van der Waals surface area (Å²) in [6, 6.07) is 18.2. The van der Waals surface area contributed by atoms with E-state index < -0.39 is 11.7 Å². The van der Waals surface area contributed by atoms with Crippen LogP contribution in [0.4, 0.5) is 10.5 Å². The predicted octanol–water partition coefficient (Wildman–Crippen LogP) is 4.46. The van der Waals surface area contributed by atoms with Gasteiger partial charge in [0.1, 0.15) is 11.4 Å². The number of anilines is 1. The van der Waals surface area contributed by atoms with E-state index >= 15 is 0 Å². The molecule has 0 aliphatic rings. The molecule has 0 aliphatic carbocycles. The Labute approximate surface area is 137 Å². The molecule has 0 aliphatic heterocycles. The van der Waals surface area contributed by atoms with E-state index in [1.807, 2.05) is 69.3 Å². The number of para-hydroxylation sites is 1. The lowest BCUT2D eigenvalue weighted by Gasteiger charge is -2.19. The molecule has 2 aromatic rings. The summed E-state index contributed by atoms with van der Waals surface area (Å²) in [7, 11) is 0. The lowest BCUT2D eigenvalue weighted by atomic mass is 10.1. The van der Waals surface area contributed by atoms with Gasteiger partial charge >= 0.3 is 6.09 Å². The van der Waals surface area contributed by atoms with Crippen molar-refractivity contribution in [1.82, 2.24) is 0 Å². The minimum Gasteiger partial charge on any atom is -0.493 e. The molecule has 121 valence electrons. The number of benzene rings is 2. The van der Waals surface area contributed by atoms with Gasteiger partial charge in [0.2, 0.25) is 0 Å². The fraction of sp³-hybridized carbons (Fsp3) is 0.316. The maximum Gasteiger partial charge on any atom is 0.412 e. The largest absolute Gasteiger partial charge is 0.493 e. The molecule has 0 saturated carbocycles. The van der Waals surface area contributed by atoms with Crippen LogP contribution < -0.4 is 10.1 Å². The molecule has 0 aromatic heterocycles. The molecule has 1 radical (unpaired) electrons. The second-order valence-electron chi connectivity index (χ2n) is 6.15. The summed E-state index contributed by atoms with van der Waals surface area (Å²) in [5.41, 5.74) is 1.28. The Bertz CT molecular complexity index is 633. The molecule has 0 atom stereocenters. The highest BCUT2D eigenvalue weighted by molar-refractivity contribution is 5.84. The first-order valence-corrected chi connectivity index (χ1v) is 7.61. The first-order chi connectivity index (χ1) is 10.9. The Morgan fingerprint density at radius 3 is 2.70 bits per heavy atom. The van der Waals surface area contributed by atoms with E-state index in [0.717, 1.165) is 17.7 Å². The number of carbonyl (C=O) groups is 1. The molecule has 2 rings (SSSR count). The van der Waals surface area contributed by atoms with Crippen molar-refractivity contribution < 1.29 is 14.3 Å².